The van der Waals surface area contributed by atoms with Gasteiger partial charge in [-0.05, 0) is 57.3 Å². The molecule has 0 saturated carbocycles. The van der Waals surface area contributed by atoms with Gasteiger partial charge in [-0.1, -0.05) is 121 Å². The van der Waals surface area contributed by atoms with Gasteiger partial charge in [-0.15, -0.1) is 0 Å². The largest absolute Gasteiger partial charge is 0.389 e. The predicted octanol–water partition coefficient (Wildman–Crippen LogP) is 8.06. The summed E-state index contributed by atoms with van der Waals surface area (Å²) < 4.78 is 0. The monoisotopic (exact) mass is 446 g/mol. The number of rotatable bonds is 2. The molecule has 0 radical (unpaired) electrons. The fourth-order valence-electron chi connectivity index (χ4n) is 4.13. The number of aliphatic hydroxyl groups excluding tert-OH is 2. The molecular formula is C32H30O2. The molecule has 2 unspecified atom stereocenters. The molecule has 0 fully saturated rings. The normalized spacial score (nSPS) is 12.5. The lowest BCUT2D eigenvalue weighted by Crippen LogP contribution is -1.87. The lowest BCUT2D eigenvalue weighted by Gasteiger charge is -2.09. The summed E-state index contributed by atoms with van der Waals surface area (Å²) in [5.74, 6) is 0. The van der Waals surface area contributed by atoms with Gasteiger partial charge in [0.15, 0.2) is 0 Å². The average Bonchev–Trinajstić information content (AvgIpc) is 2.89. The first-order valence-electron chi connectivity index (χ1n) is 11.6. The second-order valence-corrected chi connectivity index (χ2v) is 8.46. The first-order chi connectivity index (χ1) is 16.5. The second-order valence-electron chi connectivity index (χ2n) is 8.46. The molecule has 6 rings (SSSR count). The van der Waals surface area contributed by atoms with Crippen molar-refractivity contribution >= 4 is 32.3 Å². The Bertz CT molecular complexity index is 1260. The minimum Gasteiger partial charge on any atom is -0.389 e. The first kappa shape index (κ1) is 23.4. The van der Waals surface area contributed by atoms with E-state index in [-0.39, 0.29) is 12.2 Å². The average molecular weight is 447 g/mol. The second kappa shape index (κ2) is 10.9. The highest BCUT2D eigenvalue weighted by Gasteiger charge is 2.06. The molecule has 0 saturated heterocycles. The topological polar surface area (TPSA) is 40.5 Å². The van der Waals surface area contributed by atoms with E-state index in [1.54, 1.807) is 13.8 Å². The Morgan fingerprint density at radius 2 is 0.676 bits per heavy atom. The summed E-state index contributed by atoms with van der Waals surface area (Å²) in [6, 6.07) is 41.0. The maximum absolute atomic E-state index is 9.02. The molecule has 0 amide bonds. The molecule has 0 aliphatic heterocycles. The van der Waals surface area contributed by atoms with Crippen LogP contribution in [0.4, 0.5) is 0 Å². The summed E-state index contributed by atoms with van der Waals surface area (Å²) in [6.07, 6.45) is -0.683. The fourth-order valence-corrected chi connectivity index (χ4v) is 4.13. The lowest BCUT2D eigenvalue weighted by molar-refractivity contribution is 0.199. The van der Waals surface area contributed by atoms with Gasteiger partial charge in [-0.3, -0.25) is 0 Å². The number of hydrogen-bond donors (Lipinski definition) is 2. The van der Waals surface area contributed by atoms with Crippen LogP contribution in [0.2, 0.25) is 0 Å². The van der Waals surface area contributed by atoms with Crippen molar-refractivity contribution in [2.24, 2.45) is 0 Å². The third-order valence-corrected chi connectivity index (χ3v) is 5.96. The van der Waals surface area contributed by atoms with Gasteiger partial charge >= 0.3 is 0 Å². The van der Waals surface area contributed by atoms with Crippen LogP contribution in [0.5, 0.6) is 0 Å². The van der Waals surface area contributed by atoms with E-state index in [1.165, 1.54) is 32.3 Å². The van der Waals surface area contributed by atoms with Crippen LogP contribution in [0.25, 0.3) is 32.3 Å². The zero-order valence-corrected chi connectivity index (χ0v) is 19.6. The fraction of sp³-hybridized carbons (Fsp3) is 0.125. The van der Waals surface area contributed by atoms with E-state index in [4.69, 9.17) is 10.2 Å². The Morgan fingerprint density at radius 3 is 0.912 bits per heavy atom. The van der Waals surface area contributed by atoms with Gasteiger partial charge in [-0.25, -0.2) is 0 Å². The molecule has 6 aromatic carbocycles. The molecule has 0 aliphatic carbocycles. The Hall–Kier alpha value is -3.72. The number of aliphatic hydroxyl groups is 2. The third-order valence-electron chi connectivity index (χ3n) is 5.96. The summed E-state index contributed by atoms with van der Waals surface area (Å²) >= 11 is 0. The molecule has 6 aromatic rings. The Morgan fingerprint density at radius 1 is 0.382 bits per heavy atom. The van der Waals surface area contributed by atoms with Gasteiger partial charge in [0.05, 0.1) is 12.2 Å². The maximum atomic E-state index is 9.02. The Kier molecular flexibility index (Phi) is 7.54. The molecule has 0 aliphatic rings. The van der Waals surface area contributed by atoms with Gasteiger partial charge in [-0.2, -0.15) is 0 Å². The van der Waals surface area contributed by atoms with E-state index in [0.717, 1.165) is 11.1 Å². The molecule has 0 spiro atoms. The molecule has 2 heteroatoms. The highest BCUT2D eigenvalue weighted by Crippen LogP contribution is 2.33. The zero-order chi connectivity index (χ0) is 23.9. The van der Waals surface area contributed by atoms with Gasteiger partial charge in [0, 0.05) is 0 Å². The Balaban J connectivity index is 0.000000131. The van der Waals surface area contributed by atoms with Crippen molar-refractivity contribution in [3.63, 3.8) is 0 Å². The van der Waals surface area contributed by atoms with E-state index in [9.17, 15) is 0 Å². The van der Waals surface area contributed by atoms with Crippen LogP contribution in [0.15, 0.2) is 121 Å². The van der Waals surface area contributed by atoms with Crippen LogP contribution in [0, 0.1) is 0 Å². The van der Waals surface area contributed by atoms with Crippen LogP contribution in [0.3, 0.4) is 0 Å². The molecule has 170 valence electrons. The summed E-state index contributed by atoms with van der Waals surface area (Å²) in [5, 5.41) is 26.2. The van der Waals surface area contributed by atoms with E-state index >= 15 is 0 Å². The van der Waals surface area contributed by atoms with Crippen LogP contribution < -0.4 is 0 Å². The summed E-state index contributed by atoms with van der Waals surface area (Å²) in [7, 11) is 0. The Labute approximate surface area is 201 Å². The molecule has 0 aromatic heterocycles. The molecule has 34 heavy (non-hydrogen) atoms. The van der Waals surface area contributed by atoms with Gasteiger partial charge in [0.2, 0.25) is 0 Å². The molecule has 2 N–H and O–H groups in total. The summed E-state index contributed by atoms with van der Waals surface area (Å²) in [4.78, 5) is 0. The van der Waals surface area contributed by atoms with Crippen molar-refractivity contribution in [2.75, 3.05) is 0 Å². The van der Waals surface area contributed by atoms with Crippen molar-refractivity contribution in [1.82, 2.24) is 0 Å². The molecule has 0 bridgehead atoms. The SMILES string of the molecule is CC(O)c1ccccc1.CC(O)c1ccccc1.c1cc2ccc3cccc4ccc(c1)c2c34. The third kappa shape index (κ3) is 5.43. The van der Waals surface area contributed by atoms with E-state index in [2.05, 4.69) is 60.7 Å². The lowest BCUT2D eigenvalue weighted by atomic mass is 9.95. The van der Waals surface area contributed by atoms with Crippen molar-refractivity contribution in [3.8, 4) is 0 Å². The number of benzene rings is 6. The van der Waals surface area contributed by atoms with Crippen LogP contribution in [0.1, 0.15) is 37.2 Å². The predicted molar refractivity (Wildman–Crippen MR) is 144 cm³/mol. The highest BCUT2D eigenvalue weighted by molar-refractivity contribution is 6.22. The van der Waals surface area contributed by atoms with E-state index < -0.39 is 0 Å². The van der Waals surface area contributed by atoms with Crippen LogP contribution in [-0.2, 0) is 0 Å². The van der Waals surface area contributed by atoms with Crippen molar-refractivity contribution < 1.29 is 10.2 Å². The van der Waals surface area contributed by atoms with Crippen molar-refractivity contribution in [2.45, 2.75) is 26.1 Å². The highest BCUT2D eigenvalue weighted by atomic mass is 16.3. The molecular weight excluding hydrogens is 416 g/mol. The summed E-state index contributed by atoms with van der Waals surface area (Å²) in [6.45, 7) is 3.52. The maximum Gasteiger partial charge on any atom is 0.0761 e. The van der Waals surface area contributed by atoms with Crippen molar-refractivity contribution in [1.29, 1.82) is 0 Å². The summed E-state index contributed by atoms with van der Waals surface area (Å²) in [5.41, 5.74) is 1.94. The smallest absolute Gasteiger partial charge is 0.0761 e. The van der Waals surface area contributed by atoms with Gasteiger partial charge in [0.25, 0.3) is 0 Å². The van der Waals surface area contributed by atoms with Crippen LogP contribution in [-0.4, -0.2) is 10.2 Å². The van der Waals surface area contributed by atoms with E-state index in [0.29, 0.717) is 0 Å². The quantitative estimate of drug-likeness (QED) is 0.264. The van der Waals surface area contributed by atoms with Crippen molar-refractivity contribution in [3.05, 3.63) is 132 Å². The molecule has 0 heterocycles. The molecule has 2 atom stereocenters. The minimum absolute atomic E-state index is 0.341. The van der Waals surface area contributed by atoms with Gasteiger partial charge < -0.3 is 10.2 Å². The zero-order valence-electron chi connectivity index (χ0n) is 19.6. The molecule has 2 nitrogen and oxygen atoms in total. The first-order valence-corrected chi connectivity index (χ1v) is 11.6. The van der Waals surface area contributed by atoms with Gasteiger partial charge in [0.1, 0.15) is 0 Å². The number of hydrogen-bond acceptors (Lipinski definition) is 2. The minimum atomic E-state index is -0.341. The standard InChI is InChI=1S/C16H10.2C8H10O/c1-3-11-7-9-13-5-2-6-14-10-8-12(4-1)15(11)16(13)14;2*1-7(9)8-5-3-2-4-6-8/h1-10H;2*2-7,9H,1H3. The van der Waals surface area contributed by atoms with E-state index in [1.807, 2.05) is 60.7 Å². The van der Waals surface area contributed by atoms with Crippen LogP contribution >= 0.6 is 0 Å².